The van der Waals surface area contributed by atoms with Crippen molar-refractivity contribution >= 4 is 6.29 Å². The fourth-order valence-corrected chi connectivity index (χ4v) is 2.38. The van der Waals surface area contributed by atoms with E-state index in [0.29, 0.717) is 17.7 Å². The highest BCUT2D eigenvalue weighted by Gasteiger charge is 2.29. The summed E-state index contributed by atoms with van der Waals surface area (Å²) in [6, 6.07) is 0.368. The first kappa shape index (κ1) is 11.3. The van der Waals surface area contributed by atoms with Gasteiger partial charge < -0.3 is 0 Å². The number of aromatic nitrogens is 3. The molecule has 0 aromatic carbocycles. The van der Waals surface area contributed by atoms with E-state index >= 15 is 0 Å². The van der Waals surface area contributed by atoms with E-state index in [2.05, 4.69) is 31.1 Å². The van der Waals surface area contributed by atoms with Crippen LogP contribution in [-0.2, 0) is 0 Å². The van der Waals surface area contributed by atoms with Crippen molar-refractivity contribution in [2.45, 2.75) is 52.0 Å². The largest absolute Gasteiger partial charge is 0.296 e. The summed E-state index contributed by atoms with van der Waals surface area (Å²) >= 11 is 0. The maximum Gasteiger partial charge on any atom is 0.172 e. The Morgan fingerprint density at radius 2 is 2.06 bits per heavy atom. The van der Waals surface area contributed by atoms with Gasteiger partial charge in [0, 0.05) is 0 Å². The van der Waals surface area contributed by atoms with E-state index in [1.807, 2.05) is 4.68 Å². The molecule has 1 saturated carbocycles. The molecule has 0 spiro atoms. The molecule has 1 aliphatic rings. The minimum atomic E-state index is 0.290. The molecular formula is C12H19N3O. The molecule has 1 fully saturated rings. The van der Waals surface area contributed by atoms with Gasteiger partial charge in [-0.3, -0.25) is 4.79 Å². The summed E-state index contributed by atoms with van der Waals surface area (Å²) in [4.78, 5) is 10.9. The Kier molecular flexibility index (Phi) is 3.08. The van der Waals surface area contributed by atoms with Crippen LogP contribution in [0.15, 0.2) is 0 Å². The summed E-state index contributed by atoms with van der Waals surface area (Å²) in [7, 11) is 0. The Morgan fingerprint density at radius 3 is 2.50 bits per heavy atom. The highest BCUT2D eigenvalue weighted by Crippen LogP contribution is 2.37. The highest BCUT2D eigenvalue weighted by atomic mass is 16.1. The number of nitrogens with zero attached hydrogens (tertiary/aromatic N) is 3. The number of rotatable bonds is 4. The second-order valence-corrected chi connectivity index (χ2v) is 5.01. The van der Waals surface area contributed by atoms with E-state index in [9.17, 15) is 4.79 Å². The lowest BCUT2D eigenvalue weighted by Crippen LogP contribution is -2.25. The minimum Gasteiger partial charge on any atom is -0.296 e. The average Bonchev–Trinajstić information content (AvgIpc) is 2.57. The van der Waals surface area contributed by atoms with Crippen molar-refractivity contribution in [3.05, 3.63) is 11.4 Å². The lowest BCUT2D eigenvalue weighted by atomic mass is 9.80. The van der Waals surface area contributed by atoms with Gasteiger partial charge in [0.2, 0.25) is 0 Å². The monoisotopic (exact) mass is 221 g/mol. The molecule has 4 nitrogen and oxygen atoms in total. The van der Waals surface area contributed by atoms with Gasteiger partial charge in [0.15, 0.2) is 6.29 Å². The molecule has 1 aliphatic carbocycles. The molecule has 0 aliphatic heterocycles. The second kappa shape index (κ2) is 4.36. The first-order valence-electron chi connectivity index (χ1n) is 6.05. The summed E-state index contributed by atoms with van der Waals surface area (Å²) in [5.41, 5.74) is 1.48. The topological polar surface area (TPSA) is 47.8 Å². The predicted octanol–water partition coefficient (Wildman–Crippen LogP) is 2.58. The normalized spacial score (nSPS) is 18.5. The number of aldehydes is 1. The van der Waals surface area contributed by atoms with Gasteiger partial charge in [-0.05, 0) is 31.6 Å². The zero-order chi connectivity index (χ0) is 11.7. The fourth-order valence-electron chi connectivity index (χ4n) is 2.38. The summed E-state index contributed by atoms with van der Waals surface area (Å²) < 4.78 is 1.96. The Labute approximate surface area is 96.0 Å². The van der Waals surface area contributed by atoms with Crippen LogP contribution < -0.4 is 0 Å². The number of hydrogen-bond acceptors (Lipinski definition) is 3. The molecular weight excluding hydrogens is 202 g/mol. The summed E-state index contributed by atoms with van der Waals surface area (Å²) in [5, 5.41) is 8.11. The molecule has 1 aromatic rings. The number of carbonyl (C=O) groups excluding carboxylic acids is 1. The number of hydrogen-bond donors (Lipinski definition) is 0. The Bertz CT molecular complexity index is 380. The molecule has 0 amide bonds. The van der Waals surface area contributed by atoms with Gasteiger partial charge in [0.05, 0.1) is 11.7 Å². The summed E-state index contributed by atoms with van der Waals surface area (Å²) in [6.07, 6.45) is 4.68. The van der Waals surface area contributed by atoms with Gasteiger partial charge in [-0.1, -0.05) is 25.5 Å². The average molecular weight is 221 g/mol. The van der Waals surface area contributed by atoms with Gasteiger partial charge >= 0.3 is 0 Å². The molecule has 0 saturated heterocycles. The van der Waals surface area contributed by atoms with Crippen molar-refractivity contribution < 1.29 is 4.79 Å². The van der Waals surface area contributed by atoms with Crippen LogP contribution in [0.1, 0.15) is 68.2 Å². The second-order valence-electron chi connectivity index (χ2n) is 5.01. The van der Waals surface area contributed by atoms with Crippen LogP contribution in [0.2, 0.25) is 0 Å². The molecule has 1 aromatic heterocycles. The van der Waals surface area contributed by atoms with E-state index in [1.165, 1.54) is 19.3 Å². The molecule has 0 bridgehead atoms. The summed E-state index contributed by atoms with van der Waals surface area (Å²) in [6.45, 7) is 6.34. The van der Waals surface area contributed by atoms with Crippen LogP contribution in [0.5, 0.6) is 0 Å². The fraction of sp³-hybridized carbons (Fsp3) is 0.750. The van der Waals surface area contributed by atoms with Crippen LogP contribution >= 0.6 is 0 Å². The molecule has 2 rings (SSSR count). The van der Waals surface area contributed by atoms with Gasteiger partial charge in [-0.2, -0.15) is 0 Å². The standard InChI is InChI=1S/C12H19N3O/c1-8(2)12-11(7-16)13-14-15(12)9(3)10-5-4-6-10/h7-10H,4-6H2,1-3H3. The van der Waals surface area contributed by atoms with E-state index in [0.717, 1.165) is 12.0 Å². The molecule has 16 heavy (non-hydrogen) atoms. The SMILES string of the molecule is CC(C)c1c(C=O)nnn1C(C)C1CCC1. The maximum atomic E-state index is 10.9. The van der Waals surface area contributed by atoms with Crippen molar-refractivity contribution in [3.63, 3.8) is 0 Å². The van der Waals surface area contributed by atoms with Crippen molar-refractivity contribution in [2.75, 3.05) is 0 Å². The third-order valence-corrected chi connectivity index (χ3v) is 3.63. The Balaban J connectivity index is 2.31. The number of carbonyl (C=O) groups is 1. The van der Waals surface area contributed by atoms with Crippen molar-refractivity contribution in [2.24, 2.45) is 5.92 Å². The van der Waals surface area contributed by atoms with Crippen LogP contribution in [0.3, 0.4) is 0 Å². The molecule has 88 valence electrons. The van der Waals surface area contributed by atoms with Gasteiger partial charge in [-0.15, -0.1) is 5.10 Å². The van der Waals surface area contributed by atoms with E-state index in [-0.39, 0.29) is 5.92 Å². The lowest BCUT2D eigenvalue weighted by Gasteiger charge is -2.32. The first-order valence-corrected chi connectivity index (χ1v) is 6.05. The molecule has 0 radical (unpaired) electrons. The maximum absolute atomic E-state index is 10.9. The van der Waals surface area contributed by atoms with Crippen LogP contribution in [0.4, 0.5) is 0 Å². The van der Waals surface area contributed by atoms with E-state index in [1.54, 1.807) is 0 Å². The molecule has 1 heterocycles. The third-order valence-electron chi connectivity index (χ3n) is 3.63. The predicted molar refractivity (Wildman–Crippen MR) is 61.6 cm³/mol. The van der Waals surface area contributed by atoms with Crippen molar-refractivity contribution in [3.8, 4) is 0 Å². The van der Waals surface area contributed by atoms with Crippen LogP contribution in [-0.4, -0.2) is 21.3 Å². The highest BCUT2D eigenvalue weighted by molar-refractivity contribution is 5.73. The van der Waals surface area contributed by atoms with Gasteiger partial charge in [0.1, 0.15) is 5.69 Å². The Hall–Kier alpha value is -1.19. The van der Waals surface area contributed by atoms with Crippen LogP contribution in [0.25, 0.3) is 0 Å². The first-order chi connectivity index (χ1) is 7.65. The van der Waals surface area contributed by atoms with Gasteiger partial charge in [0.25, 0.3) is 0 Å². The molecule has 1 unspecified atom stereocenters. The third kappa shape index (κ3) is 1.77. The van der Waals surface area contributed by atoms with Crippen LogP contribution in [0, 0.1) is 5.92 Å². The van der Waals surface area contributed by atoms with Gasteiger partial charge in [-0.25, -0.2) is 4.68 Å². The molecule has 4 heteroatoms. The zero-order valence-corrected chi connectivity index (χ0v) is 10.2. The van der Waals surface area contributed by atoms with Crippen molar-refractivity contribution in [1.82, 2.24) is 15.0 Å². The smallest absolute Gasteiger partial charge is 0.172 e. The minimum absolute atomic E-state index is 0.290. The summed E-state index contributed by atoms with van der Waals surface area (Å²) in [5.74, 6) is 0.997. The molecule has 0 N–H and O–H groups in total. The quantitative estimate of drug-likeness (QED) is 0.734. The van der Waals surface area contributed by atoms with E-state index < -0.39 is 0 Å². The lowest BCUT2D eigenvalue weighted by molar-refractivity contribution is 0.111. The molecule has 1 atom stereocenters. The van der Waals surface area contributed by atoms with Crippen molar-refractivity contribution in [1.29, 1.82) is 0 Å². The zero-order valence-electron chi connectivity index (χ0n) is 10.2. The van der Waals surface area contributed by atoms with E-state index in [4.69, 9.17) is 0 Å². The Morgan fingerprint density at radius 1 is 1.38 bits per heavy atom.